The summed E-state index contributed by atoms with van der Waals surface area (Å²) in [6, 6.07) is 10.5. The molecular formula is C14H19N3. The van der Waals surface area contributed by atoms with E-state index < -0.39 is 0 Å². The van der Waals surface area contributed by atoms with E-state index >= 15 is 0 Å². The average Bonchev–Trinajstić information content (AvgIpc) is 2.81. The van der Waals surface area contributed by atoms with Crippen LogP contribution in [0.2, 0.25) is 0 Å². The minimum atomic E-state index is 0.387. The van der Waals surface area contributed by atoms with Gasteiger partial charge in [-0.05, 0) is 49.7 Å². The molecule has 1 saturated heterocycles. The van der Waals surface area contributed by atoms with E-state index in [0.29, 0.717) is 12.0 Å². The van der Waals surface area contributed by atoms with E-state index in [0.717, 1.165) is 31.6 Å². The zero-order valence-electron chi connectivity index (χ0n) is 10.3. The fourth-order valence-electron chi connectivity index (χ4n) is 2.80. The van der Waals surface area contributed by atoms with Gasteiger partial charge in [0.05, 0.1) is 11.6 Å². The van der Waals surface area contributed by atoms with E-state index in [4.69, 9.17) is 11.0 Å². The number of benzene rings is 1. The van der Waals surface area contributed by atoms with Crippen molar-refractivity contribution in [3.05, 3.63) is 35.4 Å². The number of likely N-dealkylation sites (tertiary alicyclic amines) is 1. The van der Waals surface area contributed by atoms with Gasteiger partial charge in [-0.1, -0.05) is 19.1 Å². The summed E-state index contributed by atoms with van der Waals surface area (Å²) in [4.78, 5) is 2.45. The average molecular weight is 229 g/mol. The molecule has 1 fully saturated rings. The summed E-state index contributed by atoms with van der Waals surface area (Å²) in [5.74, 6) is 0.517. The van der Waals surface area contributed by atoms with Gasteiger partial charge in [0, 0.05) is 6.04 Å². The Bertz CT molecular complexity index is 410. The summed E-state index contributed by atoms with van der Waals surface area (Å²) < 4.78 is 0. The van der Waals surface area contributed by atoms with Gasteiger partial charge >= 0.3 is 0 Å². The Hall–Kier alpha value is -1.37. The number of hydrogen-bond acceptors (Lipinski definition) is 3. The van der Waals surface area contributed by atoms with Crippen LogP contribution in [0.1, 0.15) is 30.5 Å². The number of nitrogens with two attached hydrogens (primary N) is 1. The molecule has 3 heteroatoms. The zero-order valence-corrected chi connectivity index (χ0v) is 10.3. The van der Waals surface area contributed by atoms with Gasteiger partial charge < -0.3 is 5.73 Å². The van der Waals surface area contributed by atoms with Gasteiger partial charge in [0.25, 0.3) is 0 Å². The Morgan fingerprint density at radius 2 is 2.35 bits per heavy atom. The van der Waals surface area contributed by atoms with Crippen LogP contribution in [0.4, 0.5) is 0 Å². The van der Waals surface area contributed by atoms with Crippen molar-refractivity contribution in [2.45, 2.75) is 19.4 Å². The van der Waals surface area contributed by atoms with Crippen molar-refractivity contribution in [3.8, 4) is 6.07 Å². The smallest absolute Gasteiger partial charge is 0.0991 e. The first-order chi connectivity index (χ1) is 8.30. The molecule has 1 heterocycles. The molecule has 0 bridgehead atoms. The molecule has 2 unspecified atom stereocenters. The first kappa shape index (κ1) is 12.1. The molecule has 2 rings (SSSR count). The van der Waals surface area contributed by atoms with Crippen molar-refractivity contribution in [2.75, 3.05) is 19.6 Å². The highest BCUT2D eigenvalue weighted by Crippen LogP contribution is 2.36. The third kappa shape index (κ3) is 2.33. The molecule has 0 aromatic heterocycles. The summed E-state index contributed by atoms with van der Waals surface area (Å²) in [7, 11) is 0. The maximum Gasteiger partial charge on any atom is 0.0991 e. The first-order valence-corrected chi connectivity index (χ1v) is 6.24. The van der Waals surface area contributed by atoms with E-state index in [1.165, 1.54) is 5.56 Å². The maximum absolute atomic E-state index is 8.96. The van der Waals surface area contributed by atoms with E-state index in [2.05, 4.69) is 24.0 Å². The second kappa shape index (κ2) is 5.31. The minimum absolute atomic E-state index is 0.387. The quantitative estimate of drug-likeness (QED) is 0.861. The SMILES string of the molecule is CCN1CCC(CN)C1c1cccc(C#N)c1. The molecular weight excluding hydrogens is 210 g/mol. The van der Waals surface area contributed by atoms with Gasteiger partial charge in [0.1, 0.15) is 0 Å². The molecule has 0 amide bonds. The Balaban J connectivity index is 2.32. The highest BCUT2D eigenvalue weighted by atomic mass is 15.2. The molecule has 0 saturated carbocycles. The molecule has 0 radical (unpaired) electrons. The molecule has 1 aromatic rings. The van der Waals surface area contributed by atoms with Crippen LogP contribution in [0.5, 0.6) is 0 Å². The van der Waals surface area contributed by atoms with Crippen LogP contribution in [-0.4, -0.2) is 24.5 Å². The van der Waals surface area contributed by atoms with Crippen LogP contribution in [-0.2, 0) is 0 Å². The molecule has 2 atom stereocenters. The summed E-state index contributed by atoms with van der Waals surface area (Å²) in [5.41, 5.74) is 7.83. The van der Waals surface area contributed by atoms with E-state index in [-0.39, 0.29) is 0 Å². The molecule has 1 aliphatic rings. The van der Waals surface area contributed by atoms with Gasteiger partial charge in [0.15, 0.2) is 0 Å². The standard InChI is InChI=1S/C14H19N3/c1-2-17-7-6-13(10-16)14(17)12-5-3-4-11(8-12)9-15/h3-5,8,13-14H,2,6-7,10,16H2,1H3. The summed E-state index contributed by atoms with van der Waals surface area (Å²) in [6.45, 7) is 5.05. The van der Waals surface area contributed by atoms with E-state index in [9.17, 15) is 0 Å². The summed E-state index contributed by atoms with van der Waals surface area (Å²) in [5, 5.41) is 8.96. The third-order valence-corrected chi connectivity index (χ3v) is 3.69. The van der Waals surface area contributed by atoms with Crippen molar-refractivity contribution in [2.24, 2.45) is 11.7 Å². The number of nitrogens with zero attached hydrogens (tertiary/aromatic N) is 2. The normalized spacial score (nSPS) is 24.8. The van der Waals surface area contributed by atoms with Crippen molar-refractivity contribution in [1.29, 1.82) is 5.26 Å². The maximum atomic E-state index is 8.96. The van der Waals surface area contributed by atoms with Gasteiger partial charge in [-0.15, -0.1) is 0 Å². The molecule has 1 aliphatic heterocycles. The Labute approximate surface area is 103 Å². The van der Waals surface area contributed by atoms with Crippen molar-refractivity contribution in [3.63, 3.8) is 0 Å². The zero-order chi connectivity index (χ0) is 12.3. The fraction of sp³-hybridized carbons (Fsp3) is 0.500. The summed E-state index contributed by atoms with van der Waals surface area (Å²) >= 11 is 0. The lowest BCUT2D eigenvalue weighted by molar-refractivity contribution is 0.242. The Kier molecular flexibility index (Phi) is 3.78. The number of hydrogen-bond donors (Lipinski definition) is 1. The van der Waals surface area contributed by atoms with Crippen LogP contribution in [0.15, 0.2) is 24.3 Å². The first-order valence-electron chi connectivity index (χ1n) is 6.24. The Morgan fingerprint density at radius 3 is 3.00 bits per heavy atom. The van der Waals surface area contributed by atoms with E-state index in [1.54, 1.807) is 0 Å². The monoisotopic (exact) mass is 229 g/mol. The van der Waals surface area contributed by atoms with Gasteiger partial charge in [-0.25, -0.2) is 0 Å². The highest BCUT2D eigenvalue weighted by molar-refractivity contribution is 5.35. The predicted octanol–water partition coefficient (Wildman–Crippen LogP) is 1.90. The lowest BCUT2D eigenvalue weighted by atomic mass is 9.93. The lowest BCUT2D eigenvalue weighted by Crippen LogP contribution is -2.28. The topological polar surface area (TPSA) is 53.0 Å². The molecule has 1 aromatic carbocycles. The van der Waals surface area contributed by atoms with Crippen LogP contribution in [0, 0.1) is 17.2 Å². The predicted molar refractivity (Wildman–Crippen MR) is 68.3 cm³/mol. The fourth-order valence-corrected chi connectivity index (χ4v) is 2.80. The number of nitriles is 1. The third-order valence-electron chi connectivity index (χ3n) is 3.69. The molecule has 90 valence electrons. The van der Waals surface area contributed by atoms with Gasteiger partial charge in [0.2, 0.25) is 0 Å². The van der Waals surface area contributed by atoms with Crippen LogP contribution >= 0.6 is 0 Å². The molecule has 17 heavy (non-hydrogen) atoms. The summed E-state index contributed by atoms with van der Waals surface area (Å²) in [6.07, 6.45) is 1.16. The molecule has 3 nitrogen and oxygen atoms in total. The van der Waals surface area contributed by atoms with Crippen molar-refractivity contribution in [1.82, 2.24) is 4.90 Å². The van der Waals surface area contributed by atoms with Crippen LogP contribution < -0.4 is 5.73 Å². The van der Waals surface area contributed by atoms with Gasteiger partial charge in [-0.2, -0.15) is 5.26 Å². The molecule has 0 aliphatic carbocycles. The highest BCUT2D eigenvalue weighted by Gasteiger charge is 2.33. The van der Waals surface area contributed by atoms with Crippen LogP contribution in [0.25, 0.3) is 0 Å². The van der Waals surface area contributed by atoms with Crippen molar-refractivity contribution >= 4 is 0 Å². The van der Waals surface area contributed by atoms with E-state index in [1.807, 2.05) is 18.2 Å². The minimum Gasteiger partial charge on any atom is -0.330 e. The number of rotatable bonds is 3. The van der Waals surface area contributed by atoms with Crippen LogP contribution in [0.3, 0.4) is 0 Å². The largest absolute Gasteiger partial charge is 0.330 e. The second-order valence-corrected chi connectivity index (χ2v) is 4.60. The van der Waals surface area contributed by atoms with Gasteiger partial charge in [-0.3, -0.25) is 4.90 Å². The Morgan fingerprint density at radius 1 is 1.53 bits per heavy atom. The second-order valence-electron chi connectivity index (χ2n) is 4.60. The molecule has 2 N–H and O–H groups in total. The molecule has 0 spiro atoms. The lowest BCUT2D eigenvalue weighted by Gasteiger charge is -2.27. The van der Waals surface area contributed by atoms with Crippen molar-refractivity contribution < 1.29 is 0 Å².